The Morgan fingerprint density at radius 1 is 1.50 bits per heavy atom. The third-order valence-electron chi connectivity index (χ3n) is 2.92. The maximum atomic E-state index is 5.38. The van der Waals surface area contributed by atoms with Crippen LogP contribution in [0.15, 0.2) is 6.07 Å². The predicted octanol–water partition coefficient (Wildman–Crippen LogP) is 1.32. The fraction of sp³-hybridized carbons (Fsp3) is 0.667. The molecule has 1 rings (SSSR count). The molecule has 0 amide bonds. The van der Waals surface area contributed by atoms with E-state index in [2.05, 4.69) is 34.1 Å². The minimum atomic E-state index is 0.389. The molecular formula is C12H23N5O. The number of nitrogens with two attached hydrogens (primary N) is 1. The molecule has 0 saturated carbocycles. The van der Waals surface area contributed by atoms with E-state index in [4.69, 9.17) is 10.6 Å². The van der Waals surface area contributed by atoms with E-state index >= 15 is 0 Å². The Morgan fingerprint density at radius 3 is 2.78 bits per heavy atom. The smallest absolute Gasteiger partial charge is 0.239 e. The number of rotatable bonds is 7. The Bertz CT molecular complexity index is 371. The number of hydrazine groups is 1. The first-order valence-corrected chi connectivity index (χ1v) is 6.20. The van der Waals surface area contributed by atoms with Crippen LogP contribution >= 0.6 is 0 Å². The number of methoxy groups -OCH3 is 1. The van der Waals surface area contributed by atoms with Crippen LogP contribution in [0.25, 0.3) is 0 Å². The highest BCUT2D eigenvalue weighted by molar-refractivity contribution is 5.45. The molecule has 1 aromatic rings. The van der Waals surface area contributed by atoms with Gasteiger partial charge in [-0.1, -0.05) is 6.92 Å². The van der Waals surface area contributed by atoms with Crippen LogP contribution < -0.4 is 16.2 Å². The van der Waals surface area contributed by atoms with Crippen LogP contribution in [-0.4, -0.2) is 36.3 Å². The summed E-state index contributed by atoms with van der Waals surface area (Å²) < 4.78 is 5.15. The molecule has 0 aliphatic rings. The fourth-order valence-corrected chi connectivity index (χ4v) is 1.73. The van der Waals surface area contributed by atoms with E-state index < -0.39 is 0 Å². The maximum Gasteiger partial charge on any atom is 0.239 e. The summed E-state index contributed by atoms with van der Waals surface area (Å²) in [6.45, 7) is 7.71. The van der Waals surface area contributed by atoms with Crippen LogP contribution in [0.5, 0.6) is 0 Å². The monoisotopic (exact) mass is 253 g/mol. The molecule has 1 aromatic heterocycles. The van der Waals surface area contributed by atoms with Crippen molar-refractivity contribution in [2.45, 2.75) is 33.2 Å². The van der Waals surface area contributed by atoms with Crippen LogP contribution in [0.1, 0.15) is 26.0 Å². The molecule has 0 aromatic carbocycles. The number of aryl methyl sites for hydroxylation is 1. The normalized spacial score (nSPS) is 12.3. The molecule has 0 bridgehead atoms. The van der Waals surface area contributed by atoms with Gasteiger partial charge in [-0.15, -0.1) is 0 Å². The van der Waals surface area contributed by atoms with Gasteiger partial charge in [0.1, 0.15) is 5.82 Å². The number of nitrogens with one attached hydrogen (secondary N) is 1. The van der Waals surface area contributed by atoms with E-state index in [0.29, 0.717) is 18.6 Å². The summed E-state index contributed by atoms with van der Waals surface area (Å²) in [6.07, 6.45) is 1.04. The van der Waals surface area contributed by atoms with Gasteiger partial charge in [0.25, 0.3) is 0 Å². The van der Waals surface area contributed by atoms with E-state index in [1.54, 1.807) is 7.11 Å². The topological polar surface area (TPSA) is 76.3 Å². The summed E-state index contributed by atoms with van der Waals surface area (Å²) in [4.78, 5) is 10.8. The molecule has 0 fully saturated rings. The number of ether oxygens (including phenoxy) is 1. The lowest BCUT2D eigenvalue weighted by atomic mass is 10.2. The predicted molar refractivity (Wildman–Crippen MR) is 73.6 cm³/mol. The molecule has 0 aliphatic heterocycles. The molecule has 1 atom stereocenters. The Balaban J connectivity index is 2.99. The largest absolute Gasteiger partial charge is 0.383 e. The highest BCUT2D eigenvalue weighted by Gasteiger charge is 2.15. The van der Waals surface area contributed by atoms with Crippen molar-refractivity contribution >= 4 is 11.8 Å². The molecule has 0 radical (unpaired) electrons. The standard InChI is InChI=1S/C12H23N5O/c1-5-10(3)17(6-7-18-4)11-8-9(2)14-12(15-11)16-13/h8,10H,5-7,13H2,1-4H3,(H,14,15,16). The summed E-state index contributed by atoms with van der Waals surface area (Å²) in [5.41, 5.74) is 3.38. The summed E-state index contributed by atoms with van der Waals surface area (Å²) in [7, 11) is 1.70. The van der Waals surface area contributed by atoms with E-state index in [0.717, 1.165) is 24.5 Å². The van der Waals surface area contributed by atoms with Crippen molar-refractivity contribution in [3.8, 4) is 0 Å². The van der Waals surface area contributed by atoms with Crippen LogP contribution in [0, 0.1) is 6.92 Å². The molecule has 6 nitrogen and oxygen atoms in total. The molecule has 1 heterocycles. The average Bonchev–Trinajstić information content (AvgIpc) is 2.38. The quantitative estimate of drug-likeness (QED) is 0.564. The first-order valence-electron chi connectivity index (χ1n) is 6.20. The van der Waals surface area contributed by atoms with E-state index in [1.165, 1.54) is 0 Å². The second-order valence-electron chi connectivity index (χ2n) is 4.28. The van der Waals surface area contributed by atoms with Crippen molar-refractivity contribution < 1.29 is 4.74 Å². The molecule has 6 heteroatoms. The highest BCUT2D eigenvalue weighted by atomic mass is 16.5. The van der Waals surface area contributed by atoms with Gasteiger partial charge in [-0.25, -0.2) is 10.8 Å². The van der Waals surface area contributed by atoms with Crippen molar-refractivity contribution in [1.82, 2.24) is 9.97 Å². The number of hydrogen-bond donors (Lipinski definition) is 2. The van der Waals surface area contributed by atoms with Gasteiger partial charge in [0.2, 0.25) is 5.95 Å². The van der Waals surface area contributed by atoms with Crippen molar-refractivity contribution in [2.24, 2.45) is 5.84 Å². The second-order valence-corrected chi connectivity index (χ2v) is 4.28. The SMILES string of the molecule is CCC(C)N(CCOC)c1cc(C)nc(NN)n1. The molecule has 3 N–H and O–H groups in total. The molecule has 0 saturated heterocycles. The van der Waals surface area contributed by atoms with Gasteiger partial charge >= 0.3 is 0 Å². The minimum absolute atomic E-state index is 0.389. The number of nitrogens with zero attached hydrogens (tertiary/aromatic N) is 3. The van der Waals surface area contributed by atoms with E-state index in [1.807, 2.05) is 13.0 Å². The van der Waals surface area contributed by atoms with Gasteiger partial charge in [0, 0.05) is 31.5 Å². The summed E-state index contributed by atoms with van der Waals surface area (Å²) in [6, 6.07) is 2.35. The van der Waals surface area contributed by atoms with Crippen molar-refractivity contribution in [3.05, 3.63) is 11.8 Å². The van der Waals surface area contributed by atoms with E-state index in [9.17, 15) is 0 Å². The van der Waals surface area contributed by atoms with Crippen molar-refractivity contribution in [1.29, 1.82) is 0 Å². The molecule has 102 valence electrons. The summed E-state index contributed by atoms with van der Waals surface area (Å²) in [5, 5.41) is 0. The number of aromatic nitrogens is 2. The van der Waals surface area contributed by atoms with Gasteiger partial charge in [-0.3, -0.25) is 5.43 Å². The van der Waals surface area contributed by atoms with E-state index in [-0.39, 0.29) is 0 Å². The van der Waals surface area contributed by atoms with Gasteiger partial charge in [-0.2, -0.15) is 4.98 Å². The molecule has 0 aliphatic carbocycles. The lowest BCUT2D eigenvalue weighted by Gasteiger charge is -2.29. The first kappa shape index (κ1) is 14.7. The maximum absolute atomic E-state index is 5.38. The zero-order valence-electron chi connectivity index (χ0n) is 11.6. The second kappa shape index (κ2) is 7.13. The van der Waals surface area contributed by atoms with Gasteiger partial charge in [0.15, 0.2) is 0 Å². The molecule has 18 heavy (non-hydrogen) atoms. The van der Waals surface area contributed by atoms with Crippen LogP contribution in [0.4, 0.5) is 11.8 Å². The zero-order chi connectivity index (χ0) is 13.5. The highest BCUT2D eigenvalue weighted by Crippen LogP contribution is 2.18. The Hall–Kier alpha value is -1.40. The average molecular weight is 253 g/mol. The van der Waals surface area contributed by atoms with Crippen LogP contribution in [0.2, 0.25) is 0 Å². The van der Waals surface area contributed by atoms with Crippen molar-refractivity contribution in [2.75, 3.05) is 30.6 Å². The van der Waals surface area contributed by atoms with Gasteiger partial charge in [0.05, 0.1) is 6.61 Å². The fourth-order valence-electron chi connectivity index (χ4n) is 1.73. The number of anilines is 2. The summed E-state index contributed by atoms with van der Waals surface area (Å²) in [5.74, 6) is 6.70. The molecule has 0 spiro atoms. The molecule has 1 unspecified atom stereocenters. The van der Waals surface area contributed by atoms with Gasteiger partial charge < -0.3 is 9.64 Å². The third kappa shape index (κ3) is 3.82. The molecular weight excluding hydrogens is 230 g/mol. The lowest BCUT2D eigenvalue weighted by molar-refractivity contribution is 0.203. The van der Waals surface area contributed by atoms with Crippen LogP contribution in [-0.2, 0) is 4.74 Å². The van der Waals surface area contributed by atoms with Crippen molar-refractivity contribution in [3.63, 3.8) is 0 Å². The van der Waals surface area contributed by atoms with Crippen LogP contribution in [0.3, 0.4) is 0 Å². The number of nitrogen functional groups attached to an aromatic ring is 1. The Labute approximate surface area is 109 Å². The van der Waals surface area contributed by atoms with Gasteiger partial charge in [-0.05, 0) is 20.3 Å². The Morgan fingerprint density at radius 2 is 2.22 bits per heavy atom. The minimum Gasteiger partial charge on any atom is -0.383 e. The lowest BCUT2D eigenvalue weighted by Crippen LogP contribution is -2.36. The third-order valence-corrected chi connectivity index (χ3v) is 2.92. The Kier molecular flexibility index (Phi) is 5.80. The summed E-state index contributed by atoms with van der Waals surface area (Å²) >= 11 is 0. The number of hydrogen-bond acceptors (Lipinski definition) is 6. The zero-order valence-corrected chi connectivity index (χ0v) is 11.6. The first-order chi connectivity index (χ1) is 8.62.